The van der Waals surface area contributed by atoms with Crippen LogP contribution in [0.5, 0.6) is 0 Å². The molecule has 1 amide bonds. The van der Waals surface area contributed by atoms with Gasteiger partial charge in [0.1, 0.15) is 0 Å². The van der Waals surface area contributed by atoms with Gasteiger partial charge in [0, 0.05) is 43.4 Å². The molecule has 5 nitrogen and oxygen atoms in total. The molecule has 2 aromatic heterocycles. The van der Waals surface area contributed by atoms with Crippen molar-refractivity contribution in [1.29, 1.82) is 0 Å². The minimum atomic E-state index is -0.0645. The van der Waals surface area contributed by atoms with E-state index in [4.69, 9.17) is 0 Å². The Bertz CT molecular complexity index is 913. The average molecular weight is 304 g/mol. The van der Waals surface area contributed by atoms with Crippen molar-refractivity contribution in [3.05, 3.63) is 66.0 Å². The Kier molecular flexibility index (Phi) is 3.01. The highest BCUT2D eigenvalue weighted by Gasteiger charge is 2.24. The molecule has 1 aliphatic heterocycles. The van der Waals surface area contributed by atoms with Crippen molar-refractivity contribution >= 4 is 5.91 Å². The normalized spacial score (nSPS) is 13.5. The van der Waals surface area contributed by atoms with E-state index < -0.39 is 0 Å². The Hall–Kier alpha value is -2.95. The Labute approximate surface area is 134 Å². The molecule has 4 rings (SSSR count). The highest BCUT2D eigenvalue weighted by Crippen LogP contribution is 2.29. The smallest absolute Gasteiger partial charge is 0.290 e. The average Bonchev–Trinajstić information content (AvgIpc) is 3.01. The number of hydrogen-bond donors (Lipinski definition) is 0. The van der Waals surface area contributed by atoms with Gasteiger partial charge in [-0.25, -0.2) is 4.98 Å². The van der Waals surface area contributed by atoms with Crippen LogP contribution < -0.4 is 0 Å². The summed E-state index contributed by atoms with van der Waals surface area (Å²) in [5.74, 6) is 0.386. The SMILES string of the molecule is Cc1ncccc1-c1ccc2c(c1)-n1ccnc1C(=O)N(C)C2. The van der Waals surface area contributed by atoms with Gasteiger partial charge in [0.15, 0.2) is 0 Å². The third-order valence-corrected chi connectivity index (χ3v) is 4.25. The van der Waals surface area contributed by atoms with Crippen LogP contribution in [-0.2, 0) is 6.54 Å². The fourth-order valence-electron chi connectivity index (χ4n) is 3.03. The largest absolute Gasteiger partial charge is 0.335 e. The van der Waals surface area contributed by atoms with Crippen molar-refractivity contribution in [3.8, 4) is 16.8 Å². The number of hydrogen-bond acceptors (Lipinski definition) is 3. The molecule has 0 atom stereocenters. The summed E-state index contributed by atoms with van der Waals surface area (Å²) in [5.41, 5.74) is 5.27. The Balaban J connectivity index is 1.94. The molecule has 3 heterocycles. The number of amides is 1. The number of rotatable bonds is 1. The topological polar surface area (TPSA) is 51.0 Å². The molecule has 0 aliphatic carbocycles. The maximum Gasteiger partial charge on any atom is 0.290 e. The summed E-state index contributed by atoms with van der Waals surface area (Å²) in [5, 5.41) is 0. The summed E-state index contributed by atoms with van der Waals surface area (Å²) in [7, 11) is 1.80. The van der Waals surface area contributed by atoms with E-state index in [-0.39, 0.29) is 5.91 Å². The number of fused-ring (bicyclic) bond motifs is 3. The van der Waals surface area contributed by atoms with Gasteiger partial charge in [-0.3, -0.25) is 14.3 Å². The van der Waals surface area contributed by atoms with Gasteiger partial charge in [-0.2, -0.15) is 0 Å². The first-order valence-corrected chi connectivity index (χ1v) is 7.49. The monoisotopic (exact) mass is 304 g/mol. The van der Waals surface area contributed by atoms with Crippen molar-refractivity contribution in [2.24, 2.45) is 0 Å². The molecule has 0 N–H and O–H groups in total. The second kappa shape index (κ2) is 5.05. The van der Waals surface area contributed by atoms with Crippen LogP contribution in [0, 0.1) is 6.92 Å². The number of imidazole rings is 1. The lowest BCUT2D eigenvalue weighted by Crippen LogP contribution is -2.26. The van der Waals surface area contributed by atoms with Crippen LogP contribution in [0.3, 0.4) is 0 Å². The van der Waals surface area contributed by atoms with E-state index in [0.29, 0.717) is 12.4 Å². The lowest BCUT2D eigenvalue weighted by molar-refractivity contribution is 0.0776. The quantitative estimate of drug-likeness (QED) is 0.694. The zero-order valence-electron chi connectivity index (χ0n) is 13.0. The lowest BCUT2D eigenvalue weighted by Gasteiger charge is -2.14. The molecule has 1 aromatic carbocycles. The van der Waals surface area contributed by atoms with Crippen LogP contribution in [0.4, 0.5) is 0 Å². The maximum absolute atomic E-state index is 12.4. The number of aryl methyl sites for hydroxylation is 1. The van der Waals surface area contributed by atoms with Crippen molar-refractivity contribution in [1.82, 2.24) is 19.4 Å². The molecule has 0 fully saturated rings. The molecule has 114 valence electrons. The number of carbonyl (C=O) groups excluding carboxylic acids is 1. The molecule has 5 heteroatoms. The van der Waals surface area contributed by atoms with Gasteiger partial charge >= 0.3 is 0 Å². The third kappa shape index (κ3) is 2.12. The predicted octanol–water partition coefficient (Wildman–Crippen LogP) is 2.83. The number of benzene rings is 1. The molecule has 1 aliphatic rings. The van der Waals surface area contributed by atoms with Crippen LogP contribution in [0.15, 0.2) is 48.9 Å². The van der Waals surface area contributed by atoms with Gasteiger partial charge < -0.3 is 4.90 Å². The predicted molar refractivity (Wildman–Crippen MR) is 87.3 cm³/mol. The minimum Gasteiger partial charge on any atom is -0.335 e. The Morgan fingerprint density at radius 1 is 1.13 bits per heavy atom. The van der Waals surface area contributed by atoms with E-state index in [9.17, 15) is 4.79 Å². The lowest BCUT2D eigenvalue weighted by atomic mass is 10.0. The highest BCUT2D eigenvalue weighted by molar-refractivity contribution is 5.92. The number of carbonyl (C=O) groups is 1. The Morgan fingerprint density at radius 3 is 2.83 bits per heavy atom. The van der Waals surface area contributed by atoms with E-state index in [1.807, 2.05) is 23.8 Å². The van der Waals surface area contributed by atoms with Gasteiger partial charge in [-0.05, 0) is 30.2 Å². The molecular weight excluding hydrogens is 288 g/mol. The van der Waals surface area contributed by atoms with E-state index in [1.54, 1.807) is 24.3 Å². The van der Waals surface area contributed by atoms with E-state index in [2.05, 4.69) is 34.2 Å². The number of nitrogens with zero attached hydrogens (tertiary/aromatic N) is 4. The first-order chi connectivity index (χ1) is 11.1. The molecule has 0 saturated carbocycles. The molecule has 23 heavy (non-hydrogen) atoms. The van der Waals surface area contributed by atoms with Gasteiger partial charge in [0.25, 0.3) is 5.91 Å². The fourth-order valence-corrected chi connectivity index (χ4v) is 3.03. The van der Waals surface area contributed by atoms with Crippen molar-refractivity contribution in [2.45, 2.75) is 13.5 Å². The van der Waals surface area contributed by atoms with Crippen molar-refractivity contribution in [2.75, 3.05) is 7.05 Å². The molecular formula is C18H16N4O. The first-order valence-electron chi connectivity index (χ1n) is 7.49. The van der Waals surface area contributed by atoms with E-state index in [1.165, 1.54) is 0 Å². The third-order valence-electron chi connectivity index (χ3n) is 4.25. The molecule has 3 aromatic rings. The zero-order chi connectivity index (χ0) is 16.0. The molecule has 0 bridgehead atoms. The number of aromatic nitrogens is 3. The summed E-state index contributed by atoms with van der Waals surface area (Å²) >= 11 is 0. The van der Waals surface area contributed by atoms with Crippen molar-refractivity contribution < 1.29 is 4.79 Å². The summed E-state index contributed by atoms with van der Waals surface area (Å²) in [6.07, 6.45) is 5.30. The number of pyridine rings is 1. The second-order valence-electron chi connectivity index (χ2n) is 5.76. The van der Waals surface area contributed by atoms with Crippen LogP contribution in [0.2, 0.25) is 0 Å². The van der Waals surface area contributed by atoms with E-state index in [0.717, 1.165) is 28.1 Å². The minimum absolute atomic E-state index is 0.0645. The molecule has 0 saturated heterocycles. The standard InChI is InChI=1S/C18H16N4O/c1-12-15(4-3-7-19-12)13-5-6-14-11-21(2)18(23)17-20-8-9-22(17)16(14)10-13/h3-10H,11H2,1-2H3. The summed E-state index contributed by atoms with van der Waals surface area (Å²) in [6, 6.07) is 10.3. The van der Waals surface area contributed by atoms with Crippen molar-refractivity contribution in [3.63, 3.8) is 0 Å². The van der Waals surface area contributed by atoms with Gasteiger partial charge in [0.05, 0.1) is 5.69 Å². The summed E-state index contributed by atoms with van der Waals surface area (Å²) in [6.45, 7) is 2.57. The second-order valence-corrected chi connectivity index (χ2v) is 5.76. The fraction of sp³-hybridized carbons (Fsp3) is 0.167. The first kappa shape index (κ1) is 13.7. The summed E-state index contributed by atoms with van der Waals surface area (Å²) in [4.78, 5) is 22.7. The van der Waals surface area contributed by atoms with Gasteiger partial charge in [-0.15, -0.1) is 0 Å². The van der Waals surface area contributed by atoms with Crippen LogP contribution in [0.1, 0.15) is 21.9 Å². The highest BCUT2D eigenvalue weighted by atomic mass is 16.2. The van der Waals surface area contributed by atoms with Gasteiger partial charge in [0.2, 0.25) is 5.82 Å². The maximum atomic E-state index is 12.4. The summed E-state index contributed by atoms with van der Waals surface area (Å²) < 4.78 is 1.87. The molecule has 0 radical (unpaired) electrons. The Morgan fingerprint density at radius 2 is 2.00 bits per heavy atom. The van der Waals surface area contributed by atoms with Crippen LogP contribution in [-0.4, -0.2) is 32.4 Å². The van der Waals surface area contributed by atoms with Gasteiger partial charge in [-0.1, -0.05) is 18.2 Å². The molecule has 0 spiro atoms. The van der Waals surface area contributed by atoms with E-state index >= 15 is 0 Å². The van der Waals surface area contributed by atoms with Crippen LogP contribution >= 0.6 is 0 Å². The molecule has 0 unspecified atom stereocenters. The van der Waals surface area contributed by atoms with Crippen LogP contribution in [0.25, 0.3) is 16.8 Å². The zero-order valence-corrected chi connectivity index (χ0v) is 13.0.